The molecule has 0 unspecified atom stereocenters. The van der Waals surface area contributed by atoms with Gasteiger partial charge in [0, 0.05) is 19.7 Å². The number of likely N-dealkylation sites (N-methyl/N-ethyl adjacent to an activating group) is 1. The van der Waals surface area contributed by atoms with Gasteiger partial charge in [-0.15, -0.1) is 0 Å². The molecule has 2 nitrogen and oxygen atoms in total. The SMILES string of the molecule is CC(=O)C1=CC=C=C(N(C)C)C=C1. The number of ketones is 1. The summed E-state index contributed by atoms with van der Waals surface area (Å²) in [5.74, 6) is 0.0781. The van der Waals surface area contributed by atoms with Gasteiger partial charge in [0.05, 0.1) is 5.70 Å². The summed E-state index contributed by atoms with van der Waals surface area (Å²) in [6, 6.07) is 0. The first-order chi connectivity index (χ1) is 6.11. The van der Waals surface area contributed by atoms with Crippen LogP contribution < -0.4 is 0 Å². The topological polar surface area (TPSA) is 20.3 Å². The third kappa shape index (κ3) is 2.46. The van der Waals surface area contributed by atoms with Crippen molar-refractivity contribution < 1.29 is 4.79 Å². The summed E-state index contributed by atoms with van der Waals surface area (Å²) in [4.78, 5) is 13.0. The summed E-state index contributed by atoms with van der Waals surface area (Å²) in [5, 5.41) is 0. The summed E-state index contributed by atoms with van der Waals surface area (Å²) in [7, 11) is 3.89. The molecule has 0 fully saturated rings. The Morgan fingerprint density at radius 2 is 2.08 bits per heavy atom. The van der Waals surface area contributed by atoms with E-state index >= 15 is 0 Å². The van der Waals surface area contributed by atoms with E-state index in [1.807, 2.05) is 31.1 Å². The zero-order valence-electron chi connectivity index (χ0n) is 8.16. The van der Waals surface area contributed by atoms with Crippen molar-refractivity contribution in [1.82, 2.24) is 4.90 Å². The van der Waals surface area contributed by atoms with Crippen molar-refractivity contribution in [2.45, 2.75) is 6.92 Å². The summed E-state index contributed by atoms with van der Waals surface area (Å²) >= 11 is 0. The van der Waals surface area contributed by atoms with Crippen LogP contribution in [0.15, 0.2) is 41.3 Å². The molecule has 0 spiro atoms. The molecule has 0 aromatic rings. The Balaban J connectivity index is 2.93. The maximum atomic E-state index is 11.0. The van der Waals surface area contributed by atoms with Crippen LogP contribution in [0.5, 0.6) is 0 Å². The van der Waals surface area contributed by atoms with Gasteiger partial charge in [0.2, 0.25) is 0 Å². The van der Waals surface area contributed by atoms with Gasteiger partial charge >= 0.3 is 0 Å². The molecule has 0 aliphatic heterocycles. The largest absolute Gasteiger partial charge is 0.371 e. The van der Waals surface area contributed by atoms with Gasteiger partial charge in [0.1, 0.15) is 0 Å². The fourth-order valence-corrected chi connectivity index (χ4v) is 1.00. The molecule has 0 amide bonds. The molecule has 0 saturated heterocycles. The highest BCUT2D eigenvalue weighted by Crippen LogP contribution is 2.08. The highest BCUT2D eigenvalue weighted by molar-refractivity contribution is 5.96. The zero-order chi connectivity index (χ0) is 9.84. The van der Waals surface area contributed by atoms with Crippen molar-refractivity contribution in [3.8, 4) is 0 Å². The van der Waals surface area contributed by atoms with Crippen LogP contribution in [-0.4, -0.2) is 24.8 Å². The number of carbonyl (C=O) groups is 1. The lowest BCUT2D eigenvalue weighted by Crippen LogP contribution is -2.07. The molecule has 2 heteroatoms. The van der Waals surface area contributed by atoms with Gasteiger partial charge in [0.25, 0.3) is 0 Å². The van der Waals surface area contributed by atoms with Crippen LogP contribution >= 0.6 is 0 Å². The molecule has 0 saturated carbocycles. The standard InChI is InChI=1S/C11H13NO/c1-9(13)10-5-4-6-11(8-7-10)12(2)3/h4-5,7-8H,1-3H3. The molecule has 0 heterocycles. The number of Topliss-reactive ketones (excluding diaryl/α,β-unsaturated/α-hetero) is 1. The molecular formula is C11H13NO. The molecule has 1 rings (SSSR count). The van der Waals surface area contributed by atoms with Crippen LogP contribution in [0.4, 0.5) is 0 Å². The molecule has 0 aromatic heterocycles. The van der Waals surface area contributed by atoms with Crippen LogP contribution in [-0.2, 0) is 4.79 Å². The Morgan fingerprint density at radius 1 is 1.38 bits per heavy atom. The normalized spacial score (nSPS) is 14.7. The van der Waals surface area contributed by atoms with E-state index in [0.29, 0.717) is 5.57 Å². The second-order valence-electron chi connectivity index (χ2n) is 3.10. The quantitative estimate of drug-likeness (QED) is 0.595. The van der Waals surface area contributed by atoms with Gasteiger partial charge in [-0.05, 0) is 31.2 Å². The lowest BCUT2D eigenvalue weighted by molar-refractivity contribution is -0.113. The van der Waals surface area contributed by atoms with E-state index in [4.69, 9.17) is 0 Å². The predicted octanol–water partition coefficient (Wildman–Crippen LogP) is 1.67. The molecular weight excluding hydrogens is 162 g/mol. The van der Waals surface area contributed by atoms with Crippen LogP contribution in [0.2, 0.25) is 0 Å². The van der Waals surface area contributed by atoms with Gasteiger partial charge in [0.15, 0.2) is 5.78 Å². The highest BCUT2D eigenvalue weighted by Gasteiger charge is 2.01. The molecule has 0 N–H and O–H groups in total. The van der Waals surface area contributed by atoms with E-state index < -0.39 is 0 Å². The van der Waals surface area contributed by atoms with E-state index in [-0.39, 0.29) is 5.78 Å². The maximum absolute atomic E-state index is 11.0. The summed E-state index contributed by atoms with van der Waals surface area (Å²) in [5.41, 5.74) is 4.75. The number of carbonyl (C=O) groups excluding carboxylic acids is 1. The Hall–Kier alpha value is -1.53. The summed E-state index contributed by atoms with van der Waals surface area (Å²) in [6.45, 7) is 1.56. The summed E-state index contributed by atoms with van der Waals surface area (Å²) in [6.07, 6.45) is 7.24. The average molecular weight is 175 g/mol. The number of allylic oxidation sites excluding steroid dienone is 4. The van der Waals surface area contributed by atoms with E-state index in [1.54, 1.807) is 19.1 Å². The minimum atomic E-state index is 0.0781. The lowest BCUT2D eigenvalue weighted by Gasteiger charge is -2.09. The molecule has 13 heavy (non-hydrogen) atoms. The van der Waals surface area contributed by atoms with Gasteiger partial charge < -0.3 is 4.90 Å². The van der Waals surface area contributed by atoms with Gasteiger partial charge in [-0.2, -0.15) is 0 Å². The number of nitrogens with zero attached hydrogens (tertiary/aromatic N) is 1. The average Bonchev–Trinajstić information content (AvgIpc) is 2.27. The van der Waals surface area contributed by atoms with Crippen molar-refractivity contribution in [1.29, 1.82) is 0 Å². The van der Waals surface area contributed by atoms with E-state index in [9.17, 15) is 4.79 Å². The first kappa shape index (κ1) is 9.56. The first-order valence-electron chi connectivity index (χ1n) is 4.14. The first-order valence-corrected chi connectivity index (χ1v) is 4.14. The van der Waals surface area contributed by atoms with Crippen LogP contribution in [0.3, 0.4) is 0 Å². The van der Waals surface area contributed by atoms with Crippen molar-refractivity contribution >= 4 is 5.78 Å². The number of hydrogen-bond acceptors (Lipinski definition) is 2. The van der Waals surface area contributed by atoms with Gasteiger partial charge in [-0.3, -0.25) is 4.79 Å². The maximum Gasteiger partial charge on any atom is 0.159 e. The molecule has 0 aromatic carbocycles. The molecule has 68 valence electrons. The fourth-order valence-electron chi connectivity index (χ4n) is 1.00. The third-order valence-electron chi connectivity index (χ3n) is 1.80. The second-order valence-corrected chi connectivity index (χ2v) is 3.10. The van der Waals surface area contributed by atoms with E-state index in [0.717, 1.165) is 5.70 Å². The van der Waals surface area contributed by atoms with Crippen LogP contribution in [0.25, 0.3) is 0 Å². The molecule has 1 aliphatic rings. The number of hydrogen-bond donors (Lipinski definition) is 0. The monoisotopic (exact) mass is 175 g/mol. The van der Waals surface area contributed by atoms with Gasteiger partial charge in [-0.1, -0.05) is 5.73 Å². The second kappa shape index (κ2) is 3.92. The zero-order valence-corrected chi connectivity index (χ0v) is 8.16. The Bertz CT molecular complexity index is 339. The van der Waals surface area contributed by atoms with Crippen molar-refractivity contribution in [3.05, 3.63) is 41.3 Å². The minimum absolute atomic E-state index is 0.0781. The van der Waals surface area contributed by atoms with Crippen molar-refractivity contribution in [2.75, 3.05) is 14.1 Å². The lowest BCUT2D eigenvalue weighted by atomic mass is 10.1. The minimum Gasteiger partial charge on any atom is -0.371 e. The van der Waals surface area contributed by atoms with Crippen LogP contribution in [0, 0.1) is 0 Å². The molecule has 0 radical (unpaired) electrons. The Morgan fingerprint density at radius 3 is 2.62 bits per heavy atom. The smallest absolute Gasteiger partial charge is 0.159 e. The van der Waals surface area contributed by atoms with Crippen LogP contribution in [0.1, 0.15) is 6.92 Å². The number of rotatable bonds is 2. The van der Waals surface area contributed by atoms with Crippen molar-refractivity contribution in [3.63, 3.8) is 0 Å². The van der Waals surface area contributed by atoms with E-state index in [1.165, 1.54) is 0 Å². The molecule has 0 atom stereocenters. The fraction of sp³-hybridized carbons (Fsp3) is 0.273. The van der Waals surface area contributed by atoms with Crippen molar-refractivity contribution in [2.24, 2.45) is 0 Å². The Kier molecular flexibility index (Phi) is 2.88. The van der Waals surface area contributed by atoms with E-state index in [2.05, 4.69) is 5.73 Å². The van der Waals surface area contributed by atoms with Gasteiger partial charge in [-0.25, -0.2) is 0 Å². The Labute approximate surface area is 78.5 Å². The molecule has 1 aliphatic carbocycles. The third-order valence-corrected chi connectivity index (χ3v) is 1.80. The predicted molar refractivity (Wildman–Crippen MR) is 53.2 cm³/mol. The summed E-state index contributed by atoms with van der Waals surface area (Å²) < 4.78 is 0. The highest BCUT2D eigenvalue weighted by atomic mass is 16.1. The molecule has 0 bridgehead atoms.